The largest absolute Gasteiger partial charge is 0.478 e. The molecule has 2 aromatic rings. The summed E-state index contributed by atoms with van der Waals surface area (Å²) in [5.41, 5.74) is 5.74. The second-order valence-corrected chi connectivity index (χ2v) is 4.78. The summed E-state index contributed by atoms with van der Waals surface area (Å²) >= 11 is 1.12. The van der Waals surface area contributed by atoms with Crippen molar-refractivity contribution < 1.29 is 19.5 Å². The first kappa shape index (κ1) is 13.8. The van der Waals surface area contributed by atoms with Gasteiger partial charge in [0.1, 0.15) is 5.00 Å². The molecule has 0 bridgehead atoms. The number of rotatable bonds is 4. The predicted molar refractivity (Wildman–Crippen MR) is 74.2 cm³/mol. The van der Waals surface area contributed by atoms with Gasteiger partial charge in [-0.2, -0.15) is 0 Å². The molecule has 6 nitrogen and oxygen atoms in total. The maximum absolute atomic E-state index is 12.0. The fraction of sp³-hybridized carbons (Fsp3) is 0. The van der Waals surface area contributed by atoms with Gasteiger partial charge in [0, 0.05) is 11.1 Å². The highest BCUT2D eigenvalue weighted by Gasteiger charge is 2.15. The van der Waals surface area contributed by atoms with E-state index in [9.17, 15) is 14.4 Å². The number of carbonyl (C=O) groups excluding carboxylic acids is 2. The van der Waals surface area contributed by atoms with Crippen molar-refractivity contribution in [2.24, 2.45) is 5.73 Å². The molecule has 2 amide bonds. The van der Waals surface area contributed by atoms with Crippen LogP contribution >= 0.6 is 11.3 Å². The minimum Gasteiger partial charge on any atom is -0.478 e. The highest BCUT2D eigenvalue weighted by molar-refractivity contribution is 7.14. The number of nitrogens with two attached hydrogens (primary N) is 1. The first-order valence-corrected chi connectivity index (χ1v) is 6.39. The third kappa shape index (κ3) is 2.83. The molecule has 0 aliphatic carbocycles. The second-order valence-electron chi connectivity index (χ2n) is 3.86. The Bertz CT molecular complexity index is 676. The number of carboxylic acid groups (broad SMARTS) is 1. The standard InChI is InChI=1S/C13H10N2O4S/c14-10(16)7-1-3-8(4-2-7)11(17)15-12-9(13(18)19)5-6-20-12/h1-6H,(H2,14,16)(H,15,17)(H,18,19). The van der Waals surface area contributed by atoms with E-state index in [1.54, 1.807) is 5.38 Å². The molecule has 0 aliphatic heterocycles. The molecule has 0 unspecified atom stereocenters. The summed E-state index contributed by atoms with van der Waals surface area (Å²) in [7, 11) is 0. The fourth-order valence-electron chi connectivity index (χ4n) is 1.54. The van der Waals surface area contributed by atoms with Crippen molar-refractivity contribution in [2.45, 2.75) is 0 Å². The van der Waals surface area contributed by atoms with Crippen LogP contribution in [0.5, 0.6) is 0 Å². The zero-order valence-electron chi connectivity index (χ0n) is 10.1. The van der Waals surface area contributed by atoms with Crippen molar-refractivity contribution in [1.82, 2.24) is 0 Å². The molecule has 0 atom stereocenters. The Hall–Kier alpha value is -2.67. The average Bonchev–Trinajstić information content (AvgIpc) is 2.87. The number of aromatic carboxylic acids is 1. The van der Waals surface area contributed by atoms with Crippen molar-refractivity contribution in [3.63, 3.8) is 0 Å². The van der Waals surface area contributed by atoms with Gasteiger partial charge in [0.2, 0.25) is 5.91 Å². The van der Waals surface area contributed by atoms with Crippen LogP contribution in [0.2, 0.25) is 0 Å². The summed E-state index contributed by atoms with van der Waals surface area (Å²) in [6.45, 7) is 0. The highest BCUT2D eigenvalue weighted by atomic mass is 32.1. The Morgan fingerprint density at radius 2 is 1.65 bits per heavy atom. The summed E-state index contributed by atoms with van der Waals surface area (Å²) in [5, 5.41) is 13.3. The predicted octanol–water partition coefficient (Wildman–Crippen LogP) is 1.80. The molecule has 0 saturated carbocycles. The van der Waals surface area contributed by atoms with Crippen molar-refractivity contribution in [3.05, 3.63) is 52.4 Å². The molecule has 0 radical (unpaired) electrons. The molecule has 4 N–H and O–H groups in total. The SMILES string of the molecule is NC(=O)c1ccc(C(=O)Nc2sccc2C(=O)O)cc1. The number of amides is 2. The summed E-state index contributed by atoms with van der Waals surface area (Å²) in [4.78, 5) is 33.8. The molecule has 1 heterocycles. The molecule has 0 fully saturated rings. The van der Waals surface area contributed by atoms with Gasteiger partial charge in [-0.15, -0.1) is 11.3 Å². The Morgan fingerprint density at radius 3 is 2.20 bits per heavy atom. The van der Waals surface area contributed by atoms with Crippen LogP contribution in [0, 0.1) is 0 Å². The van der Waals surface area contributed by atoms with Crippen molar-refractivity contribution >= 4 is 34.1 Å². The van der Waals surface area contributed by atoms with Crippen LogP contribution in [-0.2, 0) is 0 Å². The van der Waals surface area contributed by atoms with Crippen molar-refractivity contribution in [3.8, 4) is 0 Å². The lowest BCUT2D eigenvalue weighted by Crippen LogP contribution is -2.14. The molecule has 2 rings (SSSR count). The second kappa shape index (κ2) is 5.54. The van der Waals surface area contributed by atoms with Crippen LogP contribution in [0.25, 0.3) is 0 Å². The lowest BCUT2D eigenvalue weighted by Gasteiger charge is -2.04. The number of hydrogen-bond donors (Lipinski definition) is 3. The van der Waals surface area contributed by atoms with Gasteiger partial charge in [-0.3, -0.25) is 9.59 Å². The van der Waals surface area contributed by atoms with Crippen LogP contribution in [0.3, 0.4) is 0 Å². The Balaban J connectivity index is 2.17. The van der Waals surface area contributed by atoms with E-state index in [2.05, 4.69) is 5.32 Å². The Kier molecular flexibility index (Phi) is 3.81. The molecule has 1 aromatic carbocycles. The van der Waals surface area contributed by atoms with Crippen LogP contribution in [0.15, 0.2) is 35.7 Å². The molecule has 102 valence electrons. The monoisotopic (exact) mass is 290 g/mol. The van der Waals surface area contributed by atoms with E-state index in [0.29, 0.717) is 11.1 Å². The maximum atomic E-state index is 12.0. The quantitative estimate of drug-likeness (QED) is 0.797. The minimum atomic E-state index is -1.11. The molecular formula is C13H10N2O4S. The van der Waals surface area contributed by atoms with Crippen LogP contribution in [-0.4, -0.2) is 22.9 Å². The van der Waals surface area contributed by atoms with Crippen LogP contribution in [0.1, 0.15) is 31.1 Å². The smallest absolute Gasteiger partial charge is 0.338 e. The molecular weight excluding hydrogens is 280 g/mol. The topological polar surface area (TPSA) is 109 Å². The molecule has 7 heteroatoms. The summed E-state index contributed by atoms with van der Waals surface area (Å²) in [5.74, 6) is -2.14. The van der Waals surface area contributed by atoms with Gasteiger partial charge in [0.25, 0.3) is 5.91 Å². The van der Waals surface area contributed by atoms with E-state index < -0.39 is 17.8 Å². The van der Waals surface area contributed by atoms with Crippen LogP contribution in [0.4, 0.5) is 5.00 Å². The summed E-state index contributed by atoms with van der Waals surface area (Å²) in [6, 6.07) is 7.18. The number of carboxylic acids is 1. The molecule has 0 saturated heterocycles. The van der Waals surface area contributed by atoms with Gasteiger partial charge in [-0.25, -0.2) is 4.79 Å². The third-order valence-electron chi connectivity index (χ3n) is 2.55. The molecule has 0 aliphatic rings. The number of nitrogens with one attached hydrogen (secondary N) is 1. The highest BCUT2D eigenvalue weighted by Crippen LogP contribution is 2.23. The zero-order chi connectivity index (χ0) is 14.7. The van der Waals surface area contributed by atoms with Gasteiger partial charge in [0.05, 0.1) is 5.56 Å². The normalized spacial score (nSPS) is 10.0. The summed E-state index contributed by atoms with van der Waals surface area (Å²) < 4.78 is 0. The number of primary amides is 1. The fourth-order valence-corrected chi connectivity index (χ4v) is 2.31. The van der Waals surface area contributed by atoms with E-state index in [1.165, 1.54) is 30.3 Å². The first-order valence-electron chi connectivity index (χ1n) is 5.51. The van der Waals surface area contributed by atoms with Gasteiger partial charge in [0.15, 0.2) is 0 Å². The number of thiophene rings is 1. The Morgan fingerprint density at radius 1 is 1.05 bits per heavy atom. The first-order chi connectivity index (χ1) is 9.49. The molecule has 20 heavy (non-hydrogen) atoms. The van der Waals surface area contributed by atoms with E-state index in [0.717, 1.165) is 11.3 Å². The van der Waals surface area contributed by atoms with E-state index in [-0.39, 0.29) is 10.6 Å². The van der Waals surface area contributed by atoms with Gasteiger partial charge in [-0.05, 0) is 35.7 Å². The van der Waals surface area contributed by atoms with Crippen LogP contribution < -0.4 is 11.1 Å². The molecule has 0 spiro atoms. The van der Waals surface area contributed by atoms with E-state index in [1.807, 2.05) is 0 Å². The lowest BCUT2D eigenvalue weighted by molar-refractivity contribution is 0.0698. The van der Waals surface area contributed by atoms with E-state index in [4.69, 9.17) is 10.8 Å². The number of carbonyl (C=O) groups is 3. The lowest BCUT2D eigenvalue weighted by atomic mass is 10.1. The summed E-state index contributed by atoms with van der Waals surface area (Å²) in [6.07, 6.45) is 0. The zero-order valence-corrected chi connectivity index (χ0v) is 10.9. The average molecular weight is 290 g/mol. The maximum Gasteiger partial charge on any atom is 0.338 e. The molecule has 1 aromatic heterocycles. The van der Waals surface area contributed by atoms with Gasteiger partial charge >= 0.3 is 5.97 Å². The van der Waals surface area contributed by atoms with Gasteiger partial charge in [-0.1, -0.05) is 0 Å². The third-order valence-corrected chi connectivity index (χ3v) is 3.38. The number of hydrogen-bond acceptors (Lipinski definition) is 4. The minimum absolute atomic E-state index is 0.0390. The van der Waals surface area contributed by atoms with E-state index >= 15 is 0 Å². The number of benzene rings is 1. The van der Waals surface area contributed by atoms with Gasteiger partial charge < -0.3 is 16.2 Å². The Labute approximate surface area is 117 Å². The number of anilines is 1. The van der Waals surface area contributed by atoms with Crippen molar-refractivity contribution in [1.29, 1.82) is 0 Å². The van der Waals surface area contributed by atoms with Crippen molar-refractivity contribution in [2.75, 3.05) is 5.32 Å².